The summed E-state index contributed by atoms with van der Waals surface area (Å²) in [6, 6.07) is 10.8. The van der Waals surface area contributed by atoms with Crippen LogP contribution in [0.25, 0.3) is 0 Å². The average Bonchev–Trinajstić information content (AvgIpc) is 3.53. The molecule has 1 saturated carbocycles. The first-order valence-electron chi connectivity index (χ1n) is 11.1. The summed E-state index contributed by atoms with van der Waals surface area (Å²) in [5, 5.41) is 3.06. The molecular formula is C24H31N3O4. The molecule has 1 aromatic heterocycles. The van der Waals surface area contributed by atoms with Gasteiger partial charge in [-0.3, -0.25) is 14.5 Å². The van der Waals surface area contributed by atoms with E-state index in [1.165, 1.54) is 12.8 Å². The summed E-state index contributed by atoms with van der Waals surface area (Å²) >= 11 is 0. The second kappa shape index (κ2) is 10.0. The summed E-state index contributed by atoms with van der Waals surface area (Å²) in [5.74, 6) is 1.97. The Bertz CT molecular complexity index is 851. The predicted octanol–water partition coefficient (Wildman–Crippen LogP) is 2.92. The Labute approximate surface area is 183 Å². The number of methoxy groups -OCH3 is 1. The molecule has 1 aromatic carbocycles. The summed E-state index contributed by atoms with van der Waals surface area (Å²) in [7, 11) is 1.61. The molecule has 0 spiro atoms. The molecule has 7 nitrogen and oxygen atoms in total. The van der Waals surface area contributed by atoms with Gasteiger partial charge in [-0.25, -0.2) is 0 Å². The lowest BCUT2D eigenvalue weighted by atomic mass is 9.95. The standard InChI is InChI=1S/C24H31N3O4/c1-30-20-10-8-19(9-11-20)24(29)27-14-12-26(13-15-27)22(18-5-2-3-6-18)23(28)25-17-21-7-4-16-31-21/h4,7-11,16,18,22H,2-3,5-6,12-15,17H2,1H3,(H,25,28)/t22-/m1/s1. The number of hydrogen-bond acceptors (Lipinski definition) is 5. The Balaban J connectivity index is 1.37. The number of piperazine rings is 1. The molecule has 7 heteroatoms. The van der Waals surface area contributed by atoms with E-state index in [2.05, 4.69) is 10.2 Å². The highest BCUT2D eigenvalue weighted by Crippen LogP contribution is 2.31. The molecule has 1 saturated heterocycles. The van der Waals surface area contributed by atoms with Gasteiger partial charge >= 0.3 is 0 Å². The highest BCUT2D eigenvalue weighted by molar-refractivity contribution is 5.94. The van der Waals surface area contributed by atoms with Crippen LogP contribution >= 0.6 is 0 Å². The number of carbonyl (C=O) groups excluding carboxylic acids is 2. The number of furan rings is 1. The van der Waals surface area contributed by atoms with Crippen LogP contribution in [0.15, 0.2) is 47.1 Å². The number of nitrogens with zero attached hydrogens (tertiary/aromatic N) is 2. The van der Waals surface area contributed by atoms with Gasteiger partial charge in [-0.1, -0.05) is 12.8 Å². The summed E-state index contributed by atoms with van der Waals surface area (Å²) in [5.41, 5.74) is 0.665. The van der Waals surface area contributed by atoms with Crippen molar-refractivity contribution in [3.05, 3.63) is 54.0 Å². The minimum atomic E-state index is -0.143. The highest BCUT2D eigenvalue weighted by Gasteiger charge is 2.37. The Morgan fingerprint density at radius 3 is 2.42 bits per heavy atom. The molecule has 166 valence electrons. The van der Waals surface area contributed by atoms with Gasteiger partial charge in [0.05, 0.1) is 26.0 Å². The maximum absolute atomic E-state index is 13.1. The van der Waals surface area contributed by atoms with E-state index in [0.717, 1.165) is 24.4 Å². The Kier molecular flexibility index (Phi) is 6.92. The second-order valence-electron chi connectivity index (χ2n) is 8.34. The third-order valence-electron chi connectivity index (χ3n) is 6.46. The van der Waals surface area contributed by atoms with Gasteiger partial charge in [-0.2, -0.15) is 0 Å². The third kappa shape index (κ3) is 5.10. The van der Waals surface area contributed by atoms with Crippen LogP contribution in [0.2, 0.25) is 0 Å². The zero-order chi connectivity index (χ0) is 21.6. The molecule has 0 radical (unpaired) electrons. The number of carbonyl (C=O) groups is 2. The van der Waals surface area contributed by atoms with Crippen LogP contribution in [0.5, 0.6) is 5.75 Å². The minimum Gasteiger partial charge on any atom is -0.497 e. The zero-order valence-corrected chi connectivity index (χ0v) is 18.1. The van der Waals surface area contributed by atoms with E-state index in [-0.39, 0.29) is 17.9 Å². The molecule has 2 fully saturated rings. The van der Waals surface area contributed by atoms with Gasteiger partial charge in [-0.05, 0) is 55.2 Å². The molecular weight excluding hydrogens is 394 g/mol. The summed E-state index contributed by atoms with van der Waals surface area (Å²) < 4.78 is 10.5. The quantitative estimate of drug-likeness (QED) is 0.738. The van der Waals surface area contributed by atoms with Crippen LogP contribution in [-0.4, -0.2) is 60.9 Å². The van der Waals surface area contributed by atoms with Gasteiger partial charge in [0.2, 0.25) is 5.91 Å². The molecule has 2 heterocycles. The predicted molar refractivity (Wildman–Crippen MR) is 117 cm³/mol. The second-order valence-corrected chi connectivity index (χ2v) is 8.34. The average molecular weight is 426 g/mol. The molecule has 1 aliphatic heterocycles. The Morgan fingerprint density at radius 1 is 1.10 bits per heavy atom. The lowest BCUT2D eigenvalue weighted by Crippen LogP contribution is -2.57. The van der Waals surface area contributed by atoms with Crippen LogP contribution in [0, 0.1) is 5.92 Å². The van der Waals surface area contributed by atoms with Crippen molar-refractivity contribution in [2.75, 3.05) is 33.3 Å². The molecule has 1 aliphatic carbocycles. The molecule has 2 aliphatic rings. The first-order valence-corrected chi connectivity index (χ1v) is 11.1. The van der Waals surface area contributed by atoms with Crippen molar-refractivity contribution >= 4 is 11.8 Å². The van der Waals surface area contributed by atoms with Gasteiger partial charge in [0.15, 0.2) is 0 Å². The van der Waals surface area contributed by atoms with Gasteiger partial charge in [0, 0.05) is 31.7 Å². The third-order valence-corrected chi connectivity index (χ3v) is 6.46. The Morgan fingerprint density at radius 2 is 1.81 bits per heavy atom. The van der Waals surface area contributed by atoms with Crippen molar-refractivity contribution in [2.45, 2.75) is 38.3 Å². The zero-order valence-electron chi connectivity index (χ0n) is 18.1. The van der Waals surface area contributed by atoms with Gasteiger partial charge in [0.25, 0.3) is 5.91 Å². The van der Waals surface area contributed by atoms with Crippen molar-refractivity contribution < 1.29 is 18.7 Å². The molecule has 2 aromatic rings. The van der Waals surface area contributed by atoms with E-state index in [9.17, 15) is 9.59 Å². The molecule has 0 unspecified atom stereocenters. The highest BCUT2D eigenvalue weighted by atomic mass is 16.5. The number of benzene rings is 1. The van der Waals surface area contributed by atoms with Crippen LogP contribution in [0.3, 0.4) is 0 Å². The number of ether oxygens (including phenoxy) is 1. The number of nitrogens with one attached hydrogen (secondary N) is 1. The first kappa shape index (κ1) is 21.4. The smallest absolute Gasteiger partial charge is 0.253 e. The van der Waals surface area contributed by atoms with Crippen LogP contribution < -0.4 is 10.1 Å². The maximum atomic E-state index is 13.1. The van der Waals surface area contributed by atoms with Crippen molar-refractivity contribution in [2.24, 2.45) is 5.92 Å². The van der Waals surface area contributed by atoms with Gasteiger partial charge in [-0.15, -0.1) is 0 Å². The van der Waals surface area contributed by atoms with Crippen LogP contribution in [0.1, 0.15) is 41.8 Å². The van der Waals surface area contributed by atoms with Gasteiger partial charge < -0.3 is 19.4 Å². The SMILES string of the molecule is COc1ccc(C(=O)N2CCN([C@@H](C(=O)NCc3ccco3)C3CCCC3)CC2)cc1. The van der Waals surface area contributed by atoms with E-state index in [4.69, 9.17) is 9.15 Å². The van der Waals surface area contributed by atoms with E-state index in [1.54, 1.807) is 25.5 Å². The van der Waals surface area contributed by atoms with Crippen LogP contribution in [0.4, 0.5) is 0 Å². The molecule has 0 bridgehead atoms. The van der Waals surface area contributed by atoms with E-state index in [1.807, 2.05) is 29.2 Å². The number of hydrogen-bond donors (Lipinski definition) is 1. The fourth-order valence-electron chi connectivity index (χ4n) is 4.76. The van der Waals surface area contributed by atoms with Crippen molar-refractivity contribution in [1.82, 2.24) is 15.1 Å². The topological polar surface area (TPSA) is 75.0 Å². The minimum absolute atomic E-state index is 0.0296. The van der Waals surface area contributed by atoms with E-state index >= 15 is 0 Å². The van der Waals surface area contributed by atoms with Crippen LogP contribution in [-0.2, 0) is 11.3 Å². The lowest BCUT2D eigenvalue weighted by molar-refractivity contribution is -0.129. The summed E-state index contributed by atoms with van der Waals surface area (Å²) in [4.78, 5) is 30.2. The normalized spacial score (nSPS) is 18.7. The monoisotopic (exact) mass is 425 g/mol. The molecule has 1 atom stereocenters. The lowest BCUT2D eigenvalue weighted by Gasteiger charge is -2.40. The fraction of sp³-hybridized carbons (Fsp3) is 0.500. The van der Waals surface area contributed by atoms with E-state index in [0.29, 0.717) is 44.2 Å². The van der Waals surface area contributed by atoms with Crippen molar-refractivity contribution in [1.29, 1.82) is 0 Å². The van der Waals surface area contributed by atoms with Crippen molar-refractivity contribution in [3.63, 3.8) is 0 Å². The maximum Gasteiger partial charge on any atom is 0.253 e. The molecule has 4 rings (SSSR count). The van der Waals surface area contributed by atoms with E-state index < -0.39 is 0 Å². The summed E-state index contributed by atoms with van der Waals surface area (Å²) in [6.45, 7) is 3.07. The molecule has 31 heavy (non-hydrogen) atoms. The number of amides is 2. The molecule has 2 amide bonds. The Hall–Kier alpha value is -2.80. The summed E-state index contributed by atoms with van der Waals surface area (Å²) in [6.07, 6.45) is 6.16. The fourth-order valence-corrected chi connectivity index (χ4v) is 4.76. The van der Waals surface area contributed by atoms with Gasteiger partial charge in [0.1, 0.15) is 11.5 Å². The largest absolute Gasteiger partial charge is 0.497 e. The molecule has 1 N–H and O–H groups in total. The number of rotatable bonds is 7. The first-order chi connectivity index (χ1) is 15.2. The van der Waals surface area contributed by atoms with Crippen molar-refractivity contribution in [3.8, 4) is 5.75 Å².